The Morgan fingerprint density at radius 1 is 1.17 bits per heavy atom. The zero-order chi connectivity index (χ0) is 20.4. The van der Waals surface area contributed by atoms with Gasteiger partial charge in [0.15, 0.2) is 5.75 Å². The summed E-state index contributed by atoms with van der Waals surface area (Å²) in [4.78, 5) is 19.8. The number of ether oxygens (including phenoxy) is 1. The van der Waals surface area contributed by atoms with Crippen molar-refractivity contribution in [2.24, 2.45) is 11.8 Å². The van der Waals surface area contributed by atoms with E-state index in [1.54, 1.807) is 0 Å². The molecule has 154 valence electrons. The number of para-hydroxylation sites is 1. The summed E-state index contributed by atoms with van der Waals surface area (Å²) >= 11 is 0. The summed E-state index contributed by atoms with van der Waals surface area (Å²) in [6, 6.07) is 10.1. The van der Waals surface area contributed by atoms with Crippen LogP contribution in [-0.2, 0) is 0 Å². The van der Waals surface area contributed by atoms with Crippen LogP contribution in [0.4, 0.5) is 11.5 Å². The SMILES string of the molecule is Cc1ccc(N2CCOc3c(C(=O)NC4CCC(C(C)C)CC4)cccc32)nc1. The van der Waals surface area contributed by atoms with E-state index in [1.165, 1.54) is 12.8 Å². The monoisotopic (exact) mass is 393 g/mol. The van der Waals surface area contributed by atoms with E-state index in [9.17, 15) is 4.79 Å². The summed E-state index contributed by atoms with van der Waals surface area (Å²) in [7, 11) is 0. The molecule has 1 saturated carbocycles. The molecular formula is C24H31N3O2. The fourth-order valence-electron chi connectivity index (χ4n) is 4.48. The van der Waals surface area contributed by atoms with Gasteiger partial charge in [0, 0.05) is 12.2 Å². The molecule has 4 rings (SSSR count). The lowest BCUT2D eigenvalue weighted by molar-refractivity contribution is 0.0913. The molecule has 0 spiro atoms. The van der Waals surface area contributed by atoms with Gasteiger partial charge in [-0.05, 0) is 68.2 Å². The first kappa shape index (κ1) is 19.7. The molecular weight excluding hydrogens is 362 g/mol. The van der Waals surface area contributed by atoms with E-state index >= 15 is 0 Å². The van der Waals surface area contributed by atoms with E-state index in [4.69, 9.17) is 4.74 Å². The first-order valence-corrected chi connectivity index (χ1v) is 10.8. The Morgan fingerprint density at radius 3 is 2.66 bits per heavy atom. The number of anilines is 2. The molecule has 1 fully saturated rings. The summed E-state index contributed by atoms with van der Waals surface area (Å²) in [6.07, 6.45) is 6.38. The topological polar surface area (TPSA) is 54.5 Å². The highest BCUT2D eigenvalue weighted by Crippen LogP contribution is 2.38. The fourth-order valence-corrected chi connectivity index (χ4v) is 4.48. The van der Waals surface area contributed by atoms with Gasteiger partial charge in [-0.25, -0.2) is 4.98 Å². The van der Waals surface area contributed by atoms with Gasteiger partial charge in [0.2, 0.25) is 0 Å². The smallest absolute Gasteiger partial charge is 0.255 e. The van der Waals surface area contributed by atoms with Crippen molar-refractivity contribution in [2.75, 3.05) is 18.1 Å². The van der Waals surface area contributed by atoms with Crippen LogP contribution in [0.15, 0.2) is 36.5 Å². The van der Waals surface area contributed by atoms with E-state index in [0.29, 0.717) is 24.5 Å². The molecule has 5 heteroatoms. The number of amides is 1. The lowest BCUT2D eigenvalue weighted by atomic mass is 9.79. The Morgan fingerprint density at radius 2 is 1.97 bits per heavy atom. The highest BCUT2D eigenvalue weighted by molar-refractivity contribution is 5.99. The average molecular weight is 394 g/mol. The van der Waals surface area contributed by atoms with Crippen molar-refractivity contribution in [1.82, 2.24) is 10.3 Å². The number of carbonyl (C=O) groups excluding carboxylic acids is 1. The Balaban J connectivity index is 1.51. The highest BCUT2D eigenvalue weighted by Gasteiger charge is 2.28. The first-order chi connectivity index (χ1) is 14.0. The van der Waals surface area contributed by atoms with Crippen LogP contribution < -0.4 is 15.0 Å². The highest BCUT2D eigenvalue weighted by atomic mass is 16.5. The van der Waals surface area contributed by atoms with Crippen LogP contribution in [0.2, 0.25) is 0 Å². The zero-order valence-corrected chi connectivity index (χ0v) is 17.6. The molecule has 1 aliphatic heterocycles. The molecule has 2 heterocycles. The van der Waals surface area contributed by atoms with E-state index < -0.39 is 0 Å². The maximum atomic E-state index is 13.1. The third-order valence-corrected chi connectivity index (χ3v) is 6.31. The number of carbonyl (C=O) groups is 1. The second kappa shape index (κ2) is 8.44. The third-order valence-electron chi connectivity index (χ3n) is 6.31. The molecule has 5 nitrogen and oxygen atoms in total. The van der Waals surface area contributed by atoms with E-state index in [1.807, 2.05) is 37.4 Å². The molecule has 2 aromatic rings. The predicted molar refractivity (Wildman–Crippen MR) is 116 cm³/mol. The van der Waals surface area contributed by atoms with Crippen molar-refractivity contribution in [1.29, 1.82) is 0 Å². The van der Waals surface area contributed by atoms with Crippen LogP contribution >= 0.6 is 0 Å². The molecule has 1 amide bonds. The molecule has 29 heavy (non-hydrogen) atoms. The van der Waals surface area contributed by atoms with E-state index in [2.05, 4.69) is 35.1 Å². The number of aryl methyl sites for hydroxylation is 1. The maximum absolute atomic E-state index is 13.1. The number of hydrogen-bond acceptors (Lipinski definition) is 4. The van der Waals surface area contributed by atoms with Crippen LogP contribution in [0.25, 0.3) is 0 Å². The Kier molecular flexibility index (Phi) is 5.74. The number of aromatic nitrogens is 1. The standard InChI is InChI=1S/C24H31N3O2/c1-16(2)18-8-10-19(11-9-18)26-24(28)20-5-4-6-21-23(20)29-14-13-27(21)22-12-7-17(3)15-25-22/h4-7,12,15-16,18-19H,8-11,13-14H2,1-3H3,(H,26,28). The van der Waals surface area contributed by atoms with Gasteiger partial charge in [-0.3, -0.25) is 4.79 Å². The lowest BCUT2D eigenvalue weighted by Gasteiger charge is -2.33. The van der Waals surface area contributed by atoms with Gasteiger partial charge < -0.3 is 15.0 Å². The maximum Gasteiger partial charge on any atom is 0.255 e. The summed E-state index contributed by atoms with van der Waals surface area (Å²) in [6.45, 7) is 7.87. The van der Waals surface area contributed by atoms with Gasteiger partial charge in [0.1, 0.15) is 12.4 Å². The van der Waals surface area contributed by atoms with Crippen LogP contribution in [0.5, 0.6) is 5.75 Å². The van der Waals surface area contributed by atoms with E-state index in [0.717, 1.165) is 41.7 Å². The van der Waals surface area contributed by atoms with Crippen LogP contribution in [0.1, 0.15) is 55.5 Å². The summed E-state index contributed by atoms with van der Waals surface area (Å²) in [5.74, 6) is 3.02. The van der Waals surface area contributed by atoms with Crippen molar-refractivity contribution >= 4 is 17.4 Å². The summed E-state index contributed by atoms with van der Waals surface area (Å²) < 4.78 is 5.96. The summed E-state index contributed by atoms with van der Waals surface area (Å²) in [5.41, 5.74) is 2.65. The third kappa shape index (κ3) is 4.24. The quantitative estimate of drug-likeness (QED) is 0.806. The molecule has 0 unspecified atom stereocenters. The molecule has 1 aromatic carbocycles. The number of pyridine rings is 1. The Hall–Kier alpha value is -2.56. The van der Waals surface area contributed by atoms with Crippen LogP contribution in [0.3, 0.4) is 0 Å². The van der Waals surface area contributed by atoms with Gasteiger partial charge in [-0.2, -0.15) is 0 Å². The van der Waals surface area contributed by atoms with Crippen molar-refractivity contribution in [3.8, 4) is 5.75 Å². The van der Waals surface area contributed by atoms with E-state index in [-0.39, 0.29) is 11.9 Å². The molecule has 2 aliphatic rings. The molecule has 1 N–H and O–H groups in total. The fraction of sp³-hybridized carbons (Fsp3) is 0.500. The minimum Gasteiger partial charge on any atom is -0.489 e. The van der Waals surface area contributed by atoms with Gasteiger partial charge in [0.25, 0.3) is 5.91 Å². The van der Waals surface area contributed by atoms with Crippen LogP contribution in [-0.4, -0.2) is 30.1 Å². The van der Waals surface area contributed by atoms with Crippen molar-refractivity contribution < 1.29 is 9.53 Å². The van der Waals surface area contributed by atoms with Crippen molar-refractivity contribution in [3.05, 3.63) is 47.7 Å². The lowest BCUT2D eigenvalue weighted by Crippen LogP contribution is -2.39. The largest absolute Gasteiger partial charge is 0.489 e. The normalized spacial score (nSPS) is 21.4. The Labute approximate surface area is 173 Å². The average Bonchev–Trinajstić information content (AvgIpc) is 2.74. The molecule has 1 aliphatic carbocycles. The van der Waals surface area contributed by atoms with Gasteiger partial charge in [0.05, 0.1) is 17.8 Å². The van der Waals surface area contributed by atoms with Crippen molar-refractivity contribution in [2.45, 2.75) is 52.5 Å². The second-order valence-corrected chi connectivity index (χ2v) is 8.68. The molecule has 1 aromatic heterocycles. The van der Waals surface area contributed by atoms with Gasteiger partial charge in [-0.1, -0.05) is 26.0 Å². The van der Waals surface area contributed by atoms with Crippen molar-refractivity contribution in [3.63, 3.8) is 0 Å². The number of nitrogens with zero attached hydrogens (tertiary/aromatic N) is 2. The predicted octanol–water partition coefficient (Wildman–Crippen LogP) is 4.87. The second-order valence-electron chi connectivity index (χ2n) is 8.68. The molecule has 0 saturated heterocycles. The Bertz CT molecular complexity index is 855. The number of benzene rings is 1. The number of fused-ring (bicyclic) bond motifs is 1. The minimum atomic E-state index is -0.0337. The zero-order valence-electron chi connectivity index (χ0n) is 17.6. The minimum absolute atomic E-state index is 0.0337. The summed E-state index contributed by atoms with van der Waals surface area (Å²) in [5, 5.41) is 3.25. The number of hydrogen-bond donors (Lipinski definition) is 1. The molecule has 0 atom stereocenters. The molecule has 0 radical (unpaired) electrons. The van der Waals surface area contributed by atoms with Gasteiger partial charge >= 0.3 is 0 Å². The van der Waals surface area contributed by atoms with Crippen LogP contribution in [0, 0.1) is 18.8 Å². The number of nitrogens with one attached hydrogen (secondary N) is 1. The van der Waals surface area contributed by atoms with Gasteiger partial charge in [-0.15, -0.1) is 0 Å². The number of rotatable bonds is 4. The first-order valence-electron chi connectivity index (χ1n) is 10.8. The molecule has 0 bridgehead atoms.